The van der Waals surface area contributed by atoms with Gasteiger partial charge in [0.1, 0.15) is 12.2 Å². The Morgan fingerprint density at radius 3 is 1.60 bits per heavy atom. The van der Waals surface area contributed by atoms with Crippen molar-refractivity contribution in [2.24, 2.45) is 11.8 Å². The van der Waals surface area contributed by atoms with Gasteiger partial charge < -0.3 is 20.1 Å². The van der Waals surface area contributed by atoms with Crippen LogP contribution in [0.5, 0.6) is 0 Å². The molecule has 6 heteroatoms. The first kappa shape index (κ1) is 18.6. The van der Waals surface area contributed by atoms with E-state index in [1.807, 2.05) is 13.8 Å². The molecule has 2 N–H and O–H groups in total. The van der Waals surface area contributed by atoms with E-state index in [1.54, 1.807) is 0 Å². The minimum Gasteiger partial charge on any atom is -0.343 e. The van der Waals surface area contributed by atoms with Crippen molar-refractivity contribution in [3.05, 3.63) is 0 Å². The molecule has 3 fully saturated rings. The highest BCUT2D eigenvalue weighted by Crippen LogP contribution is 2.35. The fraction of sp³-hybridized carbons (Fsp3) is 0.895. The van der Waals surface area contributed by atoms with E-state index in [1.165, 1.54) is 25.7 Å². The van der Waals surface area contributed by atoms with Crippen LogP contribution in [0.3, 0.4) is 0 Å². The molecule has 25 heavy (non-hydrogen) atoms. The highest BCUT2D eigenvalue weighted by molar-refractivity contribution is 5.02. The highest BCUT2D eigenvalue weighted by atomic mass is 16.8. The van der Waals surface area contributed by atoms with Crippen molar-refractivity contribution < 1.29 is 9.47 Å². The smallest absolute Gasteiger partial charge is 0.163 e. The van der Waals surface area contributed by atoms with E-state index >= 15 is 0 Å². The Bertz CT molecular complexity index is 485. The SMILES string of the molecule is CC1(C)O[C@@H]([C@@H](CC#N)NCC2CC2)[C@H]([C@@H](CC#N)NCC2CC2)O1. The molecule has 1 aliphatic heterocycles. The summed E-state index contributed by atoms with van der Waals surface area (Å²) >= 11 is 0. The summed E-state index contributed by atoms with van der Waals surface area (Å²) in [4.78, 5) is 0. The van der Waals surface area contributed by atoms with E-state index < -0.39 is 5.79 Å². The number of ether oxygens (including phenoxy) is 2. The van der Waals surface area contributed by atoms with Crippen LogP contribution in [0.4, 0.5) is 0 Å². The van der Waals surface area contributed by atoms with Gasteiger partial charge in [-0.05, 0) is 64.5 Å². The van der Waals surface area contributed by atoms with Crippen molar-refractivity contribution in [2.45, 2.75) is 82.5 Å². The van der Waals surface area contributed by atoms with Crippen LogP contribution in [0.25, 0.3) is 0 Å². The zero-order valence-corrected chi connectivity index (χ0v) is 15.3. The summed E-state index contributed by atoms with van der Waals surface area (Å²) in [6, 6.07) is 4.43. The van der Waals surface area contributed by atoms with Crippen molar-refractivity contribution in [2.75, 3.05) is 13.1 Å². The summed E-state index contributed by atoms with van der Waals surface area (Å²) in [7, 11) is 0. The van der Waals surface area contributed by atoms with E-state index in [9.17, 15) is 10.5 Å². The Morgan fingerprint density at radius 1 is 0.880 bits per heavy atom. The molecule has 4 atom stereocenters. The number of rotatable bonds is 10. The summed E-state index contributed by atoms with van der Waals surface area (Å²) < 4.78 is 12.4. The molecule has 0 amide bonds. The Morgan fingerprint density at radius 2 is 1.28 bits per heavy atom. The molecule has 0 spiro atoms. The molecular weight excluding hydrogens is 316 g/mol. The third-order valence-corrected chi connectivity index (χ3v) is 5.31. The van der Waals surface area contributed by atoms with Crippen LogP contribution in [-0.2, 0) is 9.47 Å². The topological polar surface area (TPSA) is 90.1 Å². The van der Waals surface area contributed by atoms with E-state index in [4.69, 9.17) is 9.47 Å². The lowest BCUT2D eigenvalue weighted by atomic mass is 9.95. The Hall–Kier alpha value is -1.18. The molecular formula is C19H30N4O2. The normalized spacial score (nSPS) is 30.4. The van der Waals surface area contributed by atoms with Crippen molar-refractivity contribution >= 4 is 0 Å². The van der Waals surface area contributed by atoms with Crippen LogP contribution in [-0.4, -0.2) is 43.2 Å². The van der Waals surface area contributed by atoms with Gasteiger partial charge in [0.05, 0.1) is 25.0 Å². The number of nitrogens with one attached hydrogen (secondary N) is 2. The van der Waals surface area contributed by atoms with Gasteiger partial charge in [-0.25, -0.2) is 0 Å². The zero-order valence-electron chi connectivity index (χ0n) is 15.3. The largest absolute Gasteiger partial charge is 0.343 e. The highest BCUT2D eigenvalue weighted by Gasteiger charge is 2.48. The van der Waals surface area contributed by atoms with Crippen molar-refractivity contribution in [1.82, 2.24) is 10.6 Å². The van der Waals surface area contributed by atoms with Crippen LogP contribution in [0.2, 0.25) is 0 Å². The third-order valence-electron chi connectivity index (χ3n) is 5.31. The minimum absolute atomic E-state index is 0.0682. The Balaban J connectivity index is 1.69. The van der Waals surface area contributed by atoms with E-state index in [0.29, 0.717) is 12.8 Å². The first-order valence-electron chi connectivity index (χ1n) is 9.58. The number of hydrogen-bond acceptors (Lipinski definition) is 6. The summed E-state index contributed by atoms with van der Waals surface area (Å²) in [5.74, 6) is 0.773. The molecule has 1 heterocycles. The van der Waals surface area contributed by atoms with Gasteiger partial charge >= 0.3 is 0 Å². The summed E-state index contributed by atoms with van der Waals surface area (Å²) in [5.41, 5.74) is 0. The molecule has 0 aromatic carbocycles. The average molecular weight is 346 g/mol. The van der Waals surface area contributed by atoms with E-state index in [0.717, 1.165) is 24.9 Å². The quantitative estimate of drug-likeness (QED) is 0.629. The second kappa shape index (κ2) is 8.01. The van der Waals surface area contributed by atoms with Crippen LogP contribution in [0.15, 0.2) is 0 Å². The lowest BCUT2D eigenvalue weighted by Gasteiger charge is -2.30. The van der Waals surface area contributed by atoms with Gasteiger partial charge in [-0.1, -0.05) is 0 Å². The lowest BCUT2D eigenvalue weighted by Crippen LogP contribution is -2.53. The molecule has 2 saturated carbocycles. The van der Waals surface area contributed by atoms with Gasteiger partial charge in [-0.15, -0.1) is 0 Å². The first-order chi connectivity index (χ1) is 12.0. The van der Waals surface area contributed by atoms with E-state index in [2.05, 4.69) is 22.8 Å². The van der Waals surface area contributed by atoms with Crippen molar-refractivity contribution in [3.63, 3.8) is 0 Å². The molecule has 138 valence electrons. The number of hydrogen-bond donors (Lipinski definition) is 2. The summed E-state index contributed by atoms with van der Waals surface area (Å²) in [6.07, 6.45) is 5.39. The molecule has 2 aliphatic carbocycles. The maximum absolute atomic E-state index is 9.27. The summed E-state index contributed by atoms with van der Waals surface area (Å²) in [6.45, 7) is 5.68. The first-order valence-corrected chi connectivity index (χ1v) is 9.58. The number of nitrogens with zero attached hydrogens (tertiary/aromatic N) is 2. The van der Waals surface area contributed by atoms with Crippen LogP contribution in [0, 0.1) is 34.5 Å². The lowest BCUT2D eigenvalue weighted by molar-refractivity contribution is -0.150. The maximum Gasteiger partial charge on any atom is 0.163 e. The predicted molar refractivity (Wildman–Crippen MR) is 93.3 cm³/mol. The van der Waals surface area contributed by atoms with Gasteiger partial charge in [0.25, 0.3) is 0 Å². The fourth-order valence-corrected chi connectivity index (χ4v) is 3.53. The molecule has 0 unspecified atom stereocenters. The average Bonchev–Trinajstić information content (AvgIpc) is 3.47. The van der Waals surface area contributed by atoms with Crippen molar-refractivity contribution in [3.8, 4) is 12.1 Å². The Labute approximate surface area is 150 Å². The van der Waals surface area contributed by atoms with Crippen molar-refractivity contribution in [1.29, 1.82) is 10.5 Å². The molecule has 0 aromatic rings. The molecule has 3 aliphatic rings. The minimum atomic E-state index is -0.695. The molecule has 6 nitrogen and oxygen atoms in total. The molecule has 1 saturated heterocycles. The third kappa shape index (κ3) is 5.39. The number of nitriles is 2. The van der Waals surface area contributed by atoms with E-state index in [-0.39, 0.29) is 24.3 Å². The van der Waals surface area contributed by atoms with Gasteiger partial charge in [-0.2, -0.15) is 10.5 Å². The van der Waals surface area contributed by atoms with Gasteiger partial charge in [-0.3, -0.25) is 0 Å². The molecule has 0 bridgehead atoms. The fourth-order valence-electron chi connectivity index (χ4n) is 3.53. The molecule has 0 radical (unpaired) electrons. The zero-order chi connectivity index (χ0) is 17.9. The van der Waals surface area contributed by atoms with Gasteiger partial charge in [0.15, 0.2) is 5.79 Å². The maximum atomic E-state index is 9.27. The van der Waals surface area contributed by atoms with Crippen LogP contribution in [0.1, 0.15) is 52.4 Å². The molecule has 0 aromatic heterocycles. The van der Waals surface area contributed by atoms with Gasteiger partial charge in [0, 0.05) is 12.1 Å². The second-order valence-corrected chi connectivity index (χ2v) is 8.21. The predicted octanol–water partition coefficient (Wildman–Crippen LogP) is 2.07. The van der Waals surface area contributed by atoms with Crippen LogP contribution >= 0.6 is 0 Å². The second-order valence-electron chi connectivity index (χ2n) is 8.21. The standard InChI is InChI=1S/C19H30N4O2/c1-19(2)24-17(15(7-9-20)22-11-13-3-4-13)18(25-19)16(8-10-21)23-12-14-5-6-14/h13-18,22-23H,3-8,11-12H2,1-2H3/t15-,16-,17+,18+/m1/s1. The van der Waals surface area contributed by atoms with Crippen LogP contribution < -0.4 is 10.6 Å². The molecule has 3 rings (SSSR count). The summed E-state index contributed by atoms with van der Waals surface area (Å²) in [5, 5.41) is 25.6. The monoisotopic (exact) mass is 346 g/mol. The Kier molecular flexibility index (Phi) is 5.96. The van der Waals surface area contributed by atoms with Gasteiger partial charge in [0.2, 0.25) is 0 Å².